The molecule has 0 aliphatic heterocycles. The van der Waals surface area contributed by atoms with E-state index in [1.165, 1.54) is 23.1 Å². The first-order valence-electron chi connectivity index (χ1n) is 9.92. The van der Waals surface area contributed by atoms with Crippen molar-refractivity contribution in [2.24, 2.45) is 0 Å². The number of methoxy groups -OCH3 is 1. The van der Waals surface area contributed by atoms with Gasteiger partial charge in [0, 0.05) is 6.04 Å². The van der Waals surface area contributed by atoms with Gasteiger partial charge < -0.3 is 14.0 Å². The Bertz CT molecular complexity index is 1020. The van der Waals surface area contributed by atoms with Gasteiger partial charge in [0.25, 0.3) is 0 Å². The first-order valence-corrected chi connectivity index (χ1v) is 11.7. The number of ether oxygens (including phenoxy) is 2. The highest BCUT2D eigenvalue weighted by Gasteiger charge is 2.23. The van der Waals surface area contributed by atoms with Crippen molar-refractivity contribution >= 4 is 34.1 Å². The molecular weight excluding hydrogens is 436 g/mol. The lowest BCUT2D eigenvalue weighted by atomic mass is 10.3. The standard InChI is InChI=1S/C20H26N6O3S2/c1-6-17-22-24-19(31-17)21-16(27)11-30-20-25-23-18(26(20)12(2)3)13(4)29-15-10-8-7-9-14(15)28-5/h7-10,12-13H,6,11H2,1-5H3,(H,21,24,27). The molecule has 1 N–H and O–H groups in total. The van der Waals surface area contributed by atoms with Gasteiger partial charge in [0.1, 0.15) is 5.01 Å². The summed E-state index contributed by atoms with van der Waals surface area (Å²) in [6.07, 6.45) is 0.431. The smallest absolute Gasteiger partial charge is 0.236 e. The van der Waals surface area contributed by atoms with Crippen LogP contribution in [0.25, 0.3) is 0 Å². The van der Waals surface area contributed by atoms with E-state index in [0.717, 1.165) is 11.4 Å². The second-order valence-corrected chi connectivity index (χ2v) is 8.91. The third kappa shape index (κ3) is 5.73. The number of benzene rings is 1. The number of aryl methyl sites for hydroxylation is 1. The molecule has 3 aromatic rings. The lowest BCUT2D eigenvalue weighted by molar-refractivity contribution is -0.113. The van der Waals surface area contributed by atoms with Crippen LogP contribution in [0.2, 0.25) is 0 Å². The van der Waals surface area contributed by atoms with Crippen molar-refractivity contribution in [2.75, 3.05) is 18.2 Å². The van der Waals surface area contributed by atoms with Gasteiger partial charge in [0.2, 0.25) is 11.0 Å². The Morgan fingerprint density at radius 1 is 1.16 bits per heavy atom. The fourth-order valence-electron chi connectivity index (χ4n) is 2.84. The largest absolute Gasteiger partial charge is 0.493 e. The van der Waals surface area contributed by atoms with Crippen LogP contribution in [0, 0.1) is 0 Å². The van der Waals surface area contributed by atoms with Gasteiger partial charge in [-0.15, -0.1) is 20.4 Å². The summed E-state index contributed by atoms with van der Waals surface area (Å²) in [6.45, 7) is 7.99. The predicted molar refractivity (Wildman–Crippen MR) is 121 cm³/mol. The molecule has 1 atom stereocenters. The third-order valence-corrected chi connectivity index (χ3v) is 6.22. The summed E-state index contributed by atoms with van der Waals surface area (Å²) in [5.41, 5.74) is 0. The number of hydrogen-bond acceptors (Lipinski definition) is 9. The zero-order valence-electron chi connectivity index (χ0n) is 18.2. The average Bonchev–Trinajstić information content (AvgIpc) is 3.39. The zero-order chi connectivity index (χ0) is 22.4. The highest BCUT2D eigenvalue weighted by atomic mass is 32.2. The lowest BCUT2D eigenvalue weighted by Crippen LogP contribution is -2.16. The number of rotatable bonds is 10. The van der Waals surface area contributed by atoms with Crippen LogP contribution in [-0.2, 0) is 11.2 Å². The third-order valence-electron chi connectivity index (χ3n) is 4.29. The Kier molecular flexibility index (Phi) is 7.85. The van der Waals surface area contributed by atoms with Crippen molar-refractivity contribution in [1.82, 2.24) is 25.0 Å². The number of carbonyl (C=O) groups is 1. The summed E-state index contributed by atoms with van der Waals surface area (Å²) >= 11 is 2.70. The summed E-state index contributed by atoms with van der Waals surface area (Å²) in [4.78, 5) is 12.3. The van der Waals surface area contributed by atoms with Crippen molar-refractivity contribution in [3.05, 3.63) is 35.1 Å². The van der Waals surface area contributed by atoms with E-state index in [0.29, 0.717) is 27.6 Å². The Morgan fingerprint density at radius 3 is 2.55 bits per heavy atom. The van der Waals surface area contributed by atoms with E-state index >= 15 is 0 Å². The van der Waals surface area contributed by atoms with Gasteiger partial charge in [0.05, 0.1) is 12.9 Å². The molecule has 2 aromatic heterocycles. The summed E-state index contributed by atoms with van der Waals surface area (Å²) in [6, 6.07) is 7.56. The van der Waals surface area contributed by atoms with E-state index < -0.39 is 0 Å². The summed E-state index contributed by atoms with van der Waals surface area (Å²) in [5, 5.41) is 21.5. The van der Waals surface area contributed by atoms with Crippen LogP contribution >= 0.6 is 23.1 Å². The highest BCUT2D eigenvalue weighted by Crippen LogP contribution is 2.32. The van der Waals surface area contributed by atoms with Gasteiger partial charge in [0.15, 0.2) is 28.6 Å². The van der Waals surface area contributed by atoms with Gasteiger partial charge in [-0.2, -0.15) is 0 Å². The molecule has 0 fully saturated rings. The second-order valence-electron chi connectivity index (χ2n) is 6.91. The summed E-state index contributed by atoms with van der Waals surface area (Å²) in [5.74, 6) is 1.99. The van der Waals surface area contributed by atoms with E-state index in [1.807, 2.05) is 56.5 Å². The minimum atomic E-state index is -0.358. The summed E-state index contributed by atoms with van der Waals surface area (Å²) in [7, 11) is 1.61. The number of carbonyl (C=O) groups excluding carboxylic acids is 1. The van der Waals surface area contributed by atoms with Crippen LogP contribution in [0.4, 0.5) is 5.13 Å². The van der Waals surface area contributed by atoms with Gasteiger partial charge in [-0.05, 0) is 39.3 Å². The molecule has 166 valence electrons. The summed E-state index contributed by atoms with van der Waals surface area (Å²) < 4.78 is 13.4. The van der Waals surface area contributed by atoms with Crippen molar-refractivity contribution in [2.45, 2.75) is 51.4 Å². The number of aromatic nitrogens is 5. The molecule has 3 rings (SSSR count). The second kappa shape index (κ2) is 10.6. The van der Waals surface area contributed by atoms with Crippen molar-refractivity contribution < 1.29 is 14.3 Å². The number of thioether (sulfide) groups is 1. The molecule has 0 aliphatic carbocycles. The molecule has 31 heavy (non-hydrogen) atoms. The van der Waals surface area contributed by atoms with Crippen LogP contribution in [0.1, 0.15) is 50.7 Å². The number of nitrogens with one attached hydrogen (secondary N) is 1. The molecule has 1 amide bonds. The van der Waals surface area contributed by atoms with Crippen LogP contribution in [0.15, 0.2) is 29.4 Å². The minimum Gasteiger partial charge on any atom is -0.493 e. The fraction of sp³-hybridized carbons (Fsp3) is 0.450. The maximum absolute atomic E-state index is 12.3. The fourth-order valence-corrected chi connectivity index (χ4v) is 4.41. The molecule has 2 heterocycles. The normalized spacial score (nSPS) is 12.1. The lowest BCUT2D eigenvalue weighted by Gasteiger charge is -2.19. The molecule has 0 aliphatic rings. The van der Waals surface area contributed by atoms with E-state index in [1.54, 1.807) is 7.11 Å². The van der Waals surface area contributed by atoms with Crippen LogP contribution in [-0.4, -0.2) is 43.7 Å². The highest BCUT2D eigenvalue weighted by molar-refractivity contribution is 7.99. The van der Waals surface area contributed by atoms with Crippen LogP contribution in [0.3, 0.4) is 0 Å². The van der Waals surface area contributed by atoms with Gasteiger partial charge in [-0.25, -0.2) is 0 Å². The first-order chi connectivity index (χ1) is 14.9. The van der Waals surface area contributed by atoms with Crippen molar-refractivity contribution in [3.8, 4) is 11.5 Å². The topological polar surface area (TPSA) is 104 Å². The molecule has 9 nitrogen and oxygen atoms in total. The molecule has 0 spiro atoms. The van der Waals surface area contributed by atoms with E-state index in [-0.39, 0.29) is 23.8 Å². The number of nitrogens with zero attached hydrogens (tertiary/aromatic N) is 5. The van der Waals surface area contributed by atoms with Crippen molar-refractivity contribution in [1.29, 1.82) is 0 Å². The SMILES string of the molecule is CCc1nnc(NC(=O)CSc2nnc(C(C)Oc3ccccc3OC)n2C(C)C)s1. The molecule has 0 saturated heterocycles. The predicted octanol–water partition coefficient (Wildman–Crippen LogP) is 4.15. The van der Waals surface area contributed by atoms with Crippen molar-refractivity contribution in [3.63, 3.8) is 0 Å². The Morgan fingerprint density at radius 2 is 1.90 bits per heavy atom. The first kappa shape index (κ1) is 23.0. The number of amides is 1. The van der Waals surface area contributed by atoms with E-state index in [2.05, 4.69) is 25.7 Å². The zero-order valence-corrected chi connectivity index (χ0v) is 19.8. The maximum Gasteiger partial charge on any atom is 0.236 e. The number of para-hydroxylation sites is 2. The molecule has 0 saturated carbocycles. The minimum absolute atomic E-state index is 0.0922. The Hall–Kier alpha value is -2.66. The molecule has 1 aromatic carbocycles. The number of anilines is 1. The average molecular weight is 463 g/mol. The number of hydrogen-bond donors (Lipinski definition) is 1. The molecule has 11 heteroatoms. The van der Waals surface area contributed by atoms with Gasteiger partial charge in [-0.3, -0.25) is 10.1 Å². The maximum atomic E-state index is 12.3. The van der Waals surface area contributed by atoms with E-state index in [9.17, 15) is 4.79 Å². The Balaban J connectivity index is 1.68. The van der Waals surface area contributed by atoms with Crippen LogP contribution < -0.4 is 14.8 Å². The monoisotopic (exact) mass is 462 g/mol. The van der Waals surface area contributed by atoms with Gasteiger partial charge in [-0.1, -0.05) is 42.2 Å². The molecular formula is C20H26N6O3S2. The molecule has 0 bridgehead atoms. The van der Waals surface area contributed by atoms with E-state index in [4.69, 9.17) is 9.47 Å². The Labute approximate surface area is 189 Å². The van der Waals surface area contributed by atoms with Gasteiger partial charge >= 0.3 is 0 Å². The molecule has 1 unspecified atom stereocenters. The molecule has 0 radical (unpaired) electrons. The van der Waals surface area contributed by atoms with Crippen LogP contribution in [0.5, 0.6) is 11.5 Å². The quantitative estimate of drug-likeness (QED) is 0.448.